The van der Waals surface area contributed by atoms with Gasteiger partial charge in [-0.15, -0.1) is 0 Å². The summed E-state index contributed by atoms with van der Waals surface area (Å²) < 4.78 is 19.2. The van der Waals surface area contributed by atoms with Crippen molar-refractivity contribution in [3.63, 3.8) is 0 Å². The molecule has 0 radical (unpaired) electrons. The molecule has 0 spiro atoms. The molecular formula is C15H13BrClFO2. The maximum absolute atomic E-state index is 13.6. The monoisotopic (exact) mass is 358 g/mol. The second-order valence-corrected chi connectivity index (χ2v) is 5.65. The van der Waals surface area contributed by atoms with E-state index in [1.165, 1.54) is 13.2 Å². The fourth-order valence-corrected chi connectivity index (χ4v) is 2.89. The van der Waals surface area contributed by atoms with Crippen molar-refractivity contribution in [1.29, 1.82) is 0 Å². The zero-order valence-electron chi connectivity index (χ0n) is 10.7. The van der Waals surface area contributed by atoms with Gasteiger partial charge in [-0.2, -0.15) is 0 Å². The lowest BCUT2D eigenvalue weighted by atomic mass is 10.0. The van der Waals surface area contributed by atoms with Crippen LogP contribution in [0.1, 0.15) is 17.2 Å². The SMILES string of the molecule is COc1ccc(CC(O)c2ccc(Cl)cc2Br)cc1F. The Morgan fingerprint density at radius 1 is 1.30 bits per heavy atom. The number of aliphatic hydroxyl groups is 1. The normalized spacial score (nSPS) is 12.2. The number of methoxy groups -OCH3 is 1. The summed E-state index contributed by atoms with van der Waals surface area (Å²) in [7, 11) is 1.41. The molecule has 0 aliphatic heterocycles. The maximum atomic E-state index is 13.6. The summed E-state index contributed by atoms with van der Waals surface area (Å²) in [6.45, 7) is 0. The molecule has 0 heterocycles. The standard InChI is InChI=1S/C15H13BrClFO2/c1-20-15-5-2-9(6-13(15)18)7-14(19)11-4-3-10(17)8-12(11)16/h2-6,8,14,19H,7H2,1H3. The molecule has 5 heteroatoms. The van der Waals surface area contributed by atoms with E-state index in [0.29, 0.717) is 22.6 Å². The molecule has 2 nitrogen and oxygen atoms in total. The molecule has 106 valence electrons. The van der Waals surface area contributed by atoms with Crippen LogP contribution in [0.15, 0.2) is 40.9 Å². The van der Waals surface area contributed by atoms with Crippen LogP contribution < -0.4 is 4.74 Å². The highest BCUT2D eigenvalue weighted by Gasteiger charge is 2.13. The molecule has 0 bridgehead atoms. The van der Waals surface area contributed by atoms with Crippen molar-refractivity contribution in [2.24, 2.45) is 0 Å². The van der Waals surface area contributed by atoms with E-state index in [1.54, 1.807) is 30.3 Å². The van der Waals surface area contributed by atoms with Crippen LogP contribution >= 0.6 is 27.5 Å². The molecule has 0 saturated carbocycles. The maximum Gasteiger partial charge on any atom is 0.165 e. The van der Waals surface area contributed by atoms with Crippen LogP contribution in [0.4, 0.5) is 4.39 Å². The highest BCUT2D eigenvalue weighted by Crippen LogP contribution is 2.29. The van der Waals surface area contributed by atoms with Gasteiger partial charge in [-0.05, 0) is 35.4 Å². The lowest BCUT2D eigenvalue weighted by Crippen LogP contribution is -2.03. The second-order valence-electron chi connectivity index (χ2n) is 4.35. The first-order chi connectivity index (χ1) is 9.51. The number of hydrogen-bond acceptors (Lipinski definition) is 2. The topological polar surface area (TPSA) is 29.5 Å². The molecule has 1 N–H and O–H groups in total. The fraction of sp³-hybridized carbons (Fsp3) is 0.200. The molecule has 0 saturated heterocycles. The van der Waals surface area contributed by atoms with Crippen molar-refractivity contribution in [2.75, 3.05) is 7.11 Å². The molecule has 2 aromatic carbocycles. The summed E-state index contributed by atoms with van der Waals surface area (Å²) in [5.41, 5.74) is 1.41. The predicted molar refractivity (Wildman–Crippen MR) is 80.8 cm³/mol. The van der Waals surface area contributed by atoms with Crippen LogP contribution in [0.25, 0.3) is 0 Å². The molecule has 0 aliphatic rings. The third-order valence-electron chi connectivity index (χ3n) is 2.97. The molecule has 1 atom stereocenters. The Bertz CT molecular complexity index is 619. The first-order valence-corrected chi connectivity index (χ1v) is 7.14. The van der Waals surface area contributed by atoms with Crippen LogP contribution in [-0.4, -0.2) is 12.2 Å². The first-order valence-electron chi connectivity index (χ1n) is 5.96. The van der Waals surface area contributed by atoms with E-state index < -0.39 is 11.9 Å². The van der Waals surface area contributed by atoms with E-state index >= 15 is 0 Å². The highest BCUT2D eigenvalue weighted by molar-refractivity contribution is 9.10. The average molecular weight is 360 g/mol. The van der Waals surface area contributed by atoms with Gasteiger partial charge < -0.3 is 9.84 Å². The Hall–Kier alpha value is -1.10. The minimum Gasteiger partial charge on any atom is -0.494 e. The van der Waals surface area contributed by atoms with Crippen LogP contribution in [-0.2, 0) is 6.42 Å². The predicted octanol–water partition coefficient (Wildman–Crippen LogP) is 4.53. The first kappa shape index (κ1) is 15.3. The highest BCUT2D eigenvalue weighted by atomic mass is 79.9. The summed E-state index contributed by atoms with van der Waals surface area (Å²) in [6, 6.07) is 9.82. The number of rotatable bonds is 4. The van der Waals surface area contributed by atoms with Gasteiger partial charge in [0.15, 0.2) is 11.6 Å². The molecule has 0 amide bonds. The molecule has 0 fully saturated rings. The lowest BCUT2D eigenvalue weighted by Gasteiger charge is -2.14. The molecule has 20 heavy (non-hydrogen) atoms. The quantitative estimate of drug-likeness (QED) is 0.869. The minimum absolute atomic E-state index is 0.191. The van der Waals surface area contributed by atoms with Gasteiger partial charge in [-0.25, -0.2) is 4.39 Å². The van der Waals surface area contributed by atoms with E-state index in [0.717, 1.165) is 4.47 Å². The number of benzene rings is 2. The summed E-state index contributed by atoms with van der Waals surface area (Å²) in [4.78, 5) is 0. The van der Waals surface area contributed by atoms with Gasteiger partial charge in [0.2, 0.25) is 0 Å². The van der Waals surface area contributed by atoms with E-state index in [4.69, 9.17) is 16.3 Å². The smallest absolute Gasteiger partial charge is 0.165 e. The van der Waals surface area contributed by atoms with Gasteiger partial charge >= 0.3 is 0 Å². The average Bonchev–Trinajstić information content (AvgIpc) is 2.38. The Labute approximate surface area is 130 Å². The summed E-state index contributed by atoms with van der Waals surface area (Å²) >= 11 is 9.22. The van der Waals surface area contributed by atoms with Crippen LogP contribution in [0.3, 0.4) is 0 Å². The molecule has 1 unspecified atom stereocenters. The van der Waals surface area contributed by atoms with Crippen molar-refractivity contribution in [3.05, 3.63) is 62.8 Å². The third-order valence-corrected chi connectivity index (χ3v) is 3.89. The van der Waals surface area contributed by atoms with E-state index in [2.05, 4.69) is 15.9 Å². The van der Waals surface area contributed by atoms with Crippen molar-refractivity contribution < 1.29 is 14.2 Å². The molecule has 0 aromatic heterocycles. The van der Waals surface area contributed by atoms with Gasteiger partial charge in [-0.1, -0.05) is 39.7 Å². The summed E-state index contributed by atoms with van der Waals surface area (Å²) in [6.07, 6.45) is -0.435. The van der Waals surface area contributed by atoms with Gasteiger partial charge in [0.1, 0.15) is 0 Å². The van der Waals surface area contributed by atoms with Crippen molar-refractivity contribution in [3.8, 4) is 5.75 Å². The van der Waals surface area contributed by atoms with Crippen molar-refractivity contribution in [1.82, 2.24) is 0 Å². The van der Waals surface area contributed by atoms with Gasteiger partial charge in [0.05, 0.1) is 13.2 Å². The van der Waals surface area contributed by atoms with Crippen molar-refractivity contribution >= 4 is 27.5 Å². The largest absolute Gasteiger partial charge is 0.494 e. The van der Waals surface area contributed by atoms with E-state index in [9.17, 15) is 9.50 Å². The molecular weight excluding hydrogens is 347 g/mol. The fourth-order valence-electron chi connectivity index (χ4n) is 1.94. The molecule has 0 aliphatic carbocycles. The van der Waals surface area contributed by atoms with Gasteiger partial charge in [0.25, 0.3) is 0 Å². The summed E-state index contributed by atoms with van der Waals surface area (Å²) in [5.74, 6) is -0.247. The number of hydrogen-bond donors (Lipinski definition) is 1. The summed E-state index contributed by atoms with van der Waals surface area (Å²) in [5, 5.41) is 10.8. The van der Waals surface area contributed by atoms with Gasteiger partial charge in [0, 0.05) is 15.9 Å². The third kappa shape index (κ3) is 3.51. The van der Waals surface area contributed by atoms with E-state index in [1.807, 2.05) is 0 Å². The van der Waals surface area contributed by atoms with E-state index in [-0.39, 0.29) is 5.75 Å². The second kappa shape index (κ2) is 6.57. The zero-order chi connectivity index (χ0) is 14.7. The Balaban J connectivity index is 2.18. The van der Waals surface area contributed by atoms with Crippen LogP contribution in [0.2, 0.25) is 5.02 Å². The van der Waals surface area contributed by atoms with Crippen LogP contribution in [0.5, 0.6) is 5.75 Å². The van der Waals surface area contributed by atoms with Crippen molar-refractivity contribution in [2.45, 2.75) is 12.5 Å². The number of ether oxygens (including phenoxy) is 1. The van der Waals surface area contributed by atoms with Crippen LogP contribution in [0, 0.1) is 5.82 Å². The Morgan fingerprint density at radius 2 is 2.05 bits per heavy atom. The minimum atomic E-state index is -0.741. The number of aliphatic hydroxyl groups excluding tert-OH is 1. The molecule has 2 aromatic rings. The number of halogens is 3. The Kier molecular flexibility index (Phi) is 5.02. The Morgan fingerprint density at radius 3 is 2.65 bits per heavy atom. The van der Waals surface area contributed by atoms with Gasteiger partial charge in [-0.3, -0.25) is 0 Å². The zero-order valence-corrected chi connectivity index (χ0v) is 13.1. The lowest BCUT2D eigenvalue weighted by molar-refractivity contribution is 0.177. The molecule has 2 rings (SSSR count).